The van der Waals surface area contributed by atoms with Crippen molar-refractivity contribution in [3.63, 3.8) is 0 Å². The van der Waals surface area contributed by atoms with Gasteiger partial charge in [-0.05, 0) is 42.8 Å². The predicted molar refractivity (Wildman–Crippen MR) is 136 cm³/mol. The number of hydrogen-bond acceptors (Lipinski definition) is 7. The van der Waals surface area contributed by atoms with E-state index in [-0.39, 0.29) is 17.2 Å². The van der Waals surface area contributed by atoms with Crippen LogP contribution in [0.2, 0.25) is 0 Å². The van der Waals surface area contributed by atoms with Crippen LogP contribution in [0.25, 0.3) is 0 Å². The number of carbonyl (C=O) groups is 2. The van der Waals surface area contributed by atoms with Gasteiger partial charge in [-0.2, -0.15) is 0 Å². The summed E-state index contributed by atoms with van der Waals surface area (Å²) in [5.74, 6) is 1.45. The molecule has 188 valence electrons. The summed E-state index contributed by atoms with van der Waals surface area (Å²) in [6, 6.07) is 14.2. The molecule has 0 spiro atoms. The molecule has 2 aromatic carbocycles. The van der Waals surface area contributed by atoms with Gasteiger partial charge in [0.1, 0.15) is 11.4 Å². The molecular weight excluding hydrogens is 466 g/mol. The first-order chi connectivity index (χ1) is 17.1. The molecule has 9 heteroatoms. The lowest BCUT2D eigenvalue weighted by molar-refractivity contribution is -0.124. The van der Waals surface area contributed by atoms with Gasteiger partial charge < -0.3 is 24.4 Å². The van der Waals surface area contributed by atoms with Gasteiger partial charge in [0.15, 0.2) is 11.5 Å². The Bertz CT molecular complexity index is 1000. The Morgan fingerprint density at radius 3 is 2.51 bits per heavy atom. The van der Waals surface area contributed by atoms with Gasteiger partial charge in [-0.3, -0.25) is 14.5 Å². The van der Waals surface area contributed by atoms with Crippen molar-refractivity contribution in [1.82, 2.24) is 15.1 Å². The lowest BCUT2D eigenvalue weighted by atomic mass is 10.1. The van der Waals surface area contributed by atoms with Crippen molar-refractivity contribution >= 4 is 23.6 Å². The number of rotatable bonds is 9. The third kappa shape index (κ3) is 6.09. The van der Waals surface area contributed by atoms with Gasteiger partial charge in [-0.1, -0.05) is 24.3 Å². The Morgan fingerprint density at radius 2 is 1.80 bits per heavy atom. The lowest BCUT2D eigenvalue weighted by Crippen LogP contribution is -2.48. The van der Waals surface area contributed by atoms with Crippen molar-refractivity contribution in [2.75, 3.05) is 59.4 Å². The van der Waals surface area contributed by atoms with Crippen molar-refractivity contribution in [1.29, 1.82) is 0 Å². The number of ether oxygens (including phenoxy) is 3. The number of nitrogens with one attached hydrogen (secondary N) is 1. The Kier molecular flexibility index (Phi) is 8.90. The first-order valence-corrected chi connectivity index (χ1v) is 13.0. The monoisotopic (exact) mass is 499 g/mol. The highest BCUT2D eigenvalue weighted by Gasteiger charge is 2.42. The van der Waals surface area contributed by atoms with E-state index in [1.807, 2.05) is 36.4 Å². The zero-order valence-electron chi connectivity index (χ0n) is 20.3. The molecule has 2 heterocycles. The van der Waals surface area contributed by atoms with Crippen molar-refractivity contribution < 1.29 is 23.8 Å². The second-order valence-electron chi connectivity index (χ2n) is 8.49. The van der Waals surface area contributed by atoms with E-state index in [4.69, 9.17) is 14.2 Å². The highest BCUT2D eigenvalue weighted by molar-refractivity contribution is 7.99. The Balaban J connectivity index is 1.49. The van der Waals surface area contributed by atoms with Crippen LogP contribution in [-0.4, -0.2) is 87.0 Å². The van der Waals surface area contributed by atoms with E-state index in [2.05, 4.69) is 10.2 Å². The minimum Gasteiger partial charge on any atom is -0.493 e. The van der Waals surface area contributed by atoms with Crippen LogP contribution in [0.4, 0.5) is 0 Å². The predicted octanol–water partition coefficient (Wildman–Crippen LogP) is 2.80. The molecule has 0 aliphatic carbocycles. The average Bonchev–Trinajstić information content (AvgIpc) is 3.36. The number of hydrogen-bond donors (Lipinski definition) is 1. The minimum absolute atomic E-state index is 0.119. The molecule has 2 atom stereocenters. The summed E-state index contributed by atoms with van der Waals surface area (Å²) in [4.78, 5) is 30.9. The first kappa shape index (κ1) is 25.3. The van der Waals surface area contributed by atoms with Gasteiger partial charge in [-0.25, -0.2) is 0 Å². The maximum atomic E-state index is 13.6. The molecule has 2 aliphatic rings. The van der Waals surface area contributed by atoms with Crippen LogP contribution in [0.15, 0.2) is 48.5 Å². The summed E-state index contributed by atoms with van der Waals surface area (Å²) < 4.78 is 16.2. The SMILES string of the molecule is COc1ccc(C2SCC(C(=O)NCCCN3CCOCC3)N2C(=O)c2ccccc2)cc1OC. The van der Waals surface area contributed by atoms with E-state index in [0.29, 0.717) is 29.4 Å². The van der Waals surface area contributed by atoms with Crippen LogP contribution >= 0.6 is 11.8 Å². The molecule has 2 aromatic rings. The number of methoxy groups -OCH3 is 2. The molecule has 0 bridgehead atoms. The molecule has 0 radical (unpaired) electrons. The topological polar surface area (TPSA) is 80.3 Å². The number of benzene rings is 2. The summed E-state index contributed by atoms with van der Waals surface area (Å²) >= 11 is 1.58. The van der Waals surface area contributed by atoms with Crippen molar-refractivity contribution in [2.24, 2.45) is 0 Å². The Hall–Kier alpha value is -2.75. The standard InChI is InChI=1S/C26H33N3O5S/c1-32-22-10-9-20(17-23(22)33-2)26-29(25(31)19-7-4-3-5-8-19)21(18-35-26)24(30)27-11-6-12-28-13-15-34-16-14-28/h3-5,7-10,17,21,26H,6,11-16,18H2,1-2H3,(H,27,30). The molecular formula is C26H33N3O5S. The van der Waals surface area contributed by atoms with Crippen LogP contribution in [-0.2, 0) is 9.53 Å². The molecule has 4 rings (SSSR count). The molecule has 2 amide bonds. The summed E-state index contributed by atoms with van der Waals surface area (Å²) in [5.41, 5.74) is 1.45. The van der Waals surface area contributed by atoms with Crippen LogP contribution in [0.5, 0.6) is 11.5 Å². The zero-order chi connectivity index (χ0) is 24.6. The molecule has 0 saturated carbocycles. The molecule has 1 N–H and O–H groups in total. The molecule has 8 nitrogen and oxygen atoms in total. The number of nitrogens with zero attached hydrogens (tertiary/aromatic N) is 2. The molecule has 2 saturated heterocycles. The summed E-state index contributed by atoms with van der Waals surface area (Å²) in [7, 11) is 3.18. The van der Waals surface area contributed by atoms with Gasteiger partial charge in [0.05, 0.1) is 27.4 Å². The summed E-state index contributed by atoms with van der Waals surface area (Å²) in [6.07, 6.45) is 0.858. The average molecular weight is 500 g/mol. The van der Waals surface area contributed by atoms with E-state index >= 15 is 0 Å². The maximum Gasteiger partial charge on any atom is 0.255 e. The fourth-order valence-corrected chi connectivity index (χ4v) is 5.83. The number of morpholine rings is 1. The molecule has 2 fully saturated rings. The fourth-order valence-electron chi connectivity index (χ4n) is 4.41. The van der Waals surface area contributed by atoms with Gasteiger partial charge >= 0.3 is 0 Å². The third-order valence-corrected chi connectivity index (χ3v) is 7.63. The maximum absolute atomic E-state index is 13.6. The second-order valence-corrected chi connectivity index (χ2v) is 9.61. The number of amides is 2. The molecule has 2 unspecified atom stereocenters. The largest absolute Gasteiger partial charge is 0.493 e. The van der Waals surface area contributed by atoms with Gasteiger partial charge in [0.25, 0.3) is 5.91 Å². The Labute approximate surface area is 210 Å². The van der Waals surface area contributed by atoms with Crippen molar-refractivity contribution in [2.45, 2.75) is 17.8 Å². The van der Waals surface area contributed by atoms with Crippen molar-refractivity contribution in [3.8, 4) is 11.5 Å². The highest BCUT2D eigenvalue weighted by atomic mass is 32.2. The van der Waals surface area contributed by atoms with E-state index in [9.17, 15) is 9.59 Å². The summed E-state index contributed by atoms with van der Waals surface area (Å²) in [5, 5.41) is 2.75. The highest BCUT2D eigenvalue weighted by Crippen LogP contribution is 2.44. The van der Waals surface area contributed by atoms with Crippen molar-refractivity contribution in [3.05, 3.63) is 59.7 Å². The lowest BCUT2D eigenvalue weighted by Gasteiger charge is -2.30. The summed E-state index contributed by atoms with van der Waals surface area (Å²) in [6.45, 7) is 4.88. The van der Waals surface area contributed by atoms with E-state index in [1.54, 1.807) is 43.0 Å². The van der Waals surface area contributed by atoms with Gasteiger partial charge in [-0.15, -0.1) is 11.8 Å². The van der Waals surface area contributed by atoms with Crippen LogP contribution in [0.1, 0.15) is 27.7 Å². The van der Waals surface area contributed by atoms with Gasteiger partial charge in [0, 0.05) is 31.0 Å². The van der Waals surface area contributed by atoms with Crippen LogP contribution < -0.4 is 14.8 Å². The van der Waals surface area contributed by atoms with Crippen LogP contribution in [0, 0.1) is 0 Å². The molecule has 35 heavy (non-hydrogen) atoms. The number of thioether (sulfide) groups is 1. The smallest absolute Gasteiger partial charge is 0.255 e. The Morgan fingerprint density at radius 1 is 1.06 bits per heavy atom. The zero-order valence-corrected chi connectivity index (χ0v) is 21.1. The third-order valence-electron chi connectivity index (χ3n) is 6.31. The normalized spacial score (nSPS) is 20.5. The van der Waals surface area contributed by atoms with E-state index in [1.165, 1.54) is 0 Å². The van der Waals surface area contributed by atoms with Crippen LogP contribution in [0.3, 0.4) is 0 Å². The number of carbonyl (C=O) groups excluding carboxylic acids is 2. The molecule has 2 aliphatic heterocycles. The quantitative estimate of drug-likeness (QED) is 0.532. The second kappa shape index (κ2) is 12.3. The van der Waals surface area contributed by atoms with Gasteiger partial charge in [0.2, 0.25) is 5.91 Å². The van der Waals surface area contributed by atoms with E-state index < -0.39 is 6.04 Å². The van der Waals surface area contributed by atoms with E-state index in [0.717, 1.165) is 44.8 Å². The minimum atomic E-state index is -0.561. The molecule has 0 aromatic heterocycles. The fraction of sp³-hybridized carbons (Fsp3) is 0.462. The first-order valence-electron chi connectivity index (χ1n) is 11.9.